The van der Waals surface area contributed by atoms with E-state index in [1.807, 2.05) is 0 Å². The van der Waals surface area contributed by atoms with Crippen molar-refractivity contribution in [3.63, 3.8) is 0 Å². The van der Waals surface area contributed by atoms with Gasteiger partial charge in [-0.2, -0.15) is 0 Å². The number of carbonyl (C=O) groups is 1. The first-order valence-electron chi connectivity index (χ1n) is 6.61. The van der Waals surface area contributed by atoms with Crippen LogP contribution < -0.4 is 10.2 Å². The number of aromatic amines is 1. The third kappa shape index (κ3) is 2.52. The van der Waals surface area contributed by atoms with Gasteiger partial charge < -0.3 is 14.5 Å². The van der Waals surface area contributed by atoms with Crippen molar-refractivity contribution in [2.45, 2.75) is 0 Å². The van der Waals surface area contributed by atoms with Gasteiger partial charge in [0.25, 0.3) is 5.69 Å². The number of pyridine rings is 1. The van der Waals surface area contributed by atoms with Crippen LogP contribution >= 0.6 is 11.6 Å². The van der Waals surface area contributed by atoms with E-state index in [1.165, 1.54) is 30.3 Å². The molecule has 0 aliphatic rings. The van der Waals surface area contributed by atoms with Gasteiger partial charge in [-0.1, -0.05) is 11.6 Å². The number of nitro groups is 1. The average molecular weight is 349 g/mol. The van der Waals surface area contributed by atoms with Crippen molar-refractivity contribution in [2.24, 2.45) is 0 Å². The zero-order valence-corrected chi connectivity index (χ0v) is 12.9. The lowest BCUT2D eigenvalue weighted by molar-refractivity contribution is -0.383. The van der Waals surface area contributed by atoms with Crippen LogP contribution in [-0.4, -0.2) is 23.2 Å². The Kier molecular flexibility index (Phi) is 3.82. The number of H-pyrrole nitrogens is 1. The molecule has 8 nitrogen and oxygen atoms in total. The number of halogens is 1. The summed E-state index contributed by atoms with van der Waals surface area (Å²) in [5, 5.41) is 11.4. The lowest BCUT2D eigenvalue weighted by Crippen LogP contribution is -2.09. The molecule has 0 atom stereocenters. The summed E-state index contributed by atoms with van der Waals surface area (Å²) in [6.07, 6.45) is -0.930. The van der Waals surface area contributed by atoms with Gasteiger partial charge in [-0.3, -0.25) is 14.9 Å². The fourth-order valence-electron chi connectivity index (χ4n) is 2.36. The SMILES string of the molecule is COC(=O)Oc1ccc2[nH]c3c([N+](=O)[O-])ccc(Cl)c3c(=O)c2c1. The number of methoxy groups -OCH3 is 1. The van der Waals surface area contributed by atoms with Crippen LogP contribution in [0.5, 0.6) is 5.75 Å². The van der Waals surface area contributed by atoms with Crippen molar-refractivity contribution in [2.75, 3.05) is 7.11 Å². The van der Waals surface area contributed by atoms with Crippen LogP contribution in [0, 0.1) is 10.1 Å². The van der Waals surface area contributed by atoms with Crippen molar-refractivity contribution in [1.82, 2.24) is 4.98 Å². The van der Waals surface area contributed by atoms with E-state index in [9.17, 15) is 19.7 Å². The van der Waals surface area contributed by atoms with Gasteiger partial charge in [-0.25, -0.2) is 4.79 Å². The predicted octanol–water partition coefficient (Wildman–Crippen LogP) is 3.39. The van der Waals surface area contributed by atoms with Crippen LogP contribution in [0.3, 0.4) is 0 Å². The van der Waals surface area contributed by atoms with Crippen molar-refractivity contribution in [3.8, 4) is 5.75 Å². The Balaban J connectivity index is 2.34. The van der Waals surface area contributed by atoms with E-state index in [1.54, 1.807) is 0 Å². The van der Waals surface area contributed by atoms with E-state index in [-0.39, 0.29) is 32.7 Å². The van der Waals surface area contributed by atoms with Gasteiger partial charge in [0.15, 0.2) is 5.43 Å². The van der Waals surface area contributed by atoms with Gasteiger partial charge in [0.2, 0.25) is 0 Å². The van der Waals surface area contributed by atoms with Crippen LogP contribution in [0.2, 0.25) is 5.02 Å². The lowest BCUT2D eigenvalue weighted by atomic mass is 10.1. The third-order valence-corrected chi connectivity index (χ3v) is 3.73. The number of nitrogens with zero attached hydrogens (tertiary/aromatic N) is 1. The van der Waals surface area contributed by atoms with Crippen LogP contribution in [0.1, 0.15) is 0 Å². The van der Waals surface area contributed by atoms with E-state index in [2.05, 4.69) is 9.72 Å². The summed E-state index contributed by atoms with van der Waals surface area (Å²) in [5.41, 5.74) is -0.396. The number of aromatic nitrogens is 1. The first-order chi connectivity index (χ1) is 11.4. The van der Waals surface area contributed by atoms with Crippen LogP contribution in [0.15, 0.2) is 35.1 Å². The highest BCUT2D eigenvalue weighted by atomic mass is 35.5. The Morgan fingerprint density at radius 2 is 2.04 bits per heavy atom. The summed E-state index contributed by atoms with van der Waals surface area (Å²) in [6.45, 7) is 0. The molecule has 0 spiro atoms. The highest BCUT2D eigenvalue weighted by Crippen LogP contribution is 2.30. The van der Waals surface area contributed by atoms with E-state index in [4.69, 9.17) is 16.3 Å². The first kappa shape index (κ1) is 15.8. The second-order valence-corrected chi connectivity index (χ2v) is 5.20. The average Bonchev–Trinajstić information content (AvgIpc) is 2.55. The molecule has 0 bridgehead atoms. The second kappa shape index (κ2) is 5.82. The smallest absolute Gasteiger partial charge is 0.437 e. The van der Waals surface area contributed by atoms with Crippen molar-refractivity contribution in [3.05, 3.63) is 55.7 Å². The van der Waals surface area contributed by atoms with Gasteiger partial charge in [-0.15, -0.1) is 0 Å². The maximum absolute atomic E-state index is 12.7. The van der Waals surface area contributed by atoms with Gasteiger partial charge in [-0.05, 0) is 24.3 Å². The molecule has 1 heterocycles. The van der Waals surface area contributed by atoms with E-state index >= 15 is 0 Å². The van der Waals surface area contributed by atoms with Crippen LogP contribution in [0.4, 0.5) is 10.5 Å². The molecule has 0 amide bonds. The largest absolute Gasteiger partial charge is 0.513 e. The predicted molar refractivity (Wildman–Crippen MR) is 86.8 cm³/mol. The zero-order chi connectivity index (χ0) is 17.4. The number of ether oxygens (including phenoxy) is 2. The van der Waals surface area contributed by atoms with Crippen LogP contribution in [-0.2, 0) is 4.74 Å². The summed E-state index contributed by atoms with van der Waals surface area (Å²) in [6, 6.07) is 6.75. The minimum atomic E-state index is -0.930. The molecule has 0 unspecified atom stereocenters. The molecule has 0 fully saturated rings. The molecule has 1 N–H and O–H groups in total. The molecule has 122 valence electrons. The molecule has 0 radical (unpaired) electrons. The van der Waals surface area contributed by atoms with Gasteiger partial charge in [0.05, 0.1) is 28.0 Å². The maximum atomic E-state index is 12.7. The van der Waals surface area contributed by atoms with Crippen LogP contribution in [0.25, 0.3) is 21.8 Å². The van der Waals surface area contributed by atoms with Gasteiger partial charge in [0, 0.05) is 11.5 Å². The number of nitro benzene ring substituents is 1. The minimum absolute atomic E-state index is 0.00594. The first-order valence-corrected chi connectivity index (χ1v) is 6.98. The number of rotatable bonds is 2. The number of hydrogen-bond acceptors (Lipinski definition) is 6. The fourth-order valence-corrected chi connectivity index (χ4v) is 2.60. The number of benzene rings is 2. The number of non-ortho nitro benzene ring substituents is 1. The molecule has 2 aromatic carbocycles. The molecular formula is C15H9ClN2O6. The van der Waals surface area contributed by atoms with Crippen molar-refractivity contribution in [1.29, 1.82) is 0 Å². The fraction of sp³-hybridized carbons (Fsp3) is 0.0667. The maximum Gasteiger partial charge on any atom is 0.513 e. The molecule has 0 aliphatic carbocycles. The molecule has 0 aliphatic heterocycles. The number of fused-ring (bicyclic) bond motifs is 2. The summed E-state index contributed by atoms with van der Waals surface area (Å²) in [7, 11) is 1.16. The zero-order valence-electron chi connectivity index (χ0n) is 12.2. The molecule has 24 heavy (non-hydrogen) atoms. The van der Waals surface area contributed by atoms with Gasteiger partial charge in [0.1, 0.15) is 11.3 Å². The lowest BCUT2D eigenvalue weighted by Gasteiger charge is -2.07. The summed E-state index contributed by atoms with van der Waals surface area (Å²) >= 11 is 6.04. The number of carbonyl (C=O) groups excluding carboxylic acids is 1. The Labute approximate surface area is 138 Å². The molecule has 9 heteroatoms. The molecule has 3 aromatic rings. The Hall–Kier alpha value is -3.13. The minimum Gasteiger partial charge on any atom is -0.437 e. The third-order valence-electron chi connectivity index (χ3n) is 3.42. The van der Waals surface area contributed by atoms with Gasteiger partial charge >= 0.3 is 6.16 Å². The van der Waals surface area contributed by atoms with E-state index in [0.717, 1.165) is 7.11 Å². The highest BCUT2D eigenvalue weighted by molar-refractivity contribution is 6.36. The normalized spacial score (nSPS) is 10.8. The molecular weight excluding hydrogens is 340 g/mol. The topological polar surface area (TPSA) is 112 Å². The Bertz CT molecular complexity index is 1060. The van der Waals surface area contributed by atoms with Crippen molar-refractivity contribution < 1.29 is 19.2 Å². The van der Waals surface area contributed by atoms with E-state index in [0.29, 0.717) is 5.52 Å². The molecule has 0 saturated heterocycles. The molecule has 0 saturated carbocycles. The van der Waals surface area contributed by atoms with Crippen molar-refractivity contribution >= 4 is 45.2 Å². The highest BCUT2D eigenvalue weighted by Gasteiger charge is 2.19. The molecule has 3 rings (SSSR count). The number of nitrogens with one attached hydrogen (secondary N) is 1. The molecule has 1 aromatic heterocycles. The second-order valence-electron chi connectivity index (χ2n) is 4.79. The number of hydrogen-bond donors (Lipinski definition) is 1. The summed E-state index contributed by atoms with van der Waals surface area (Å²) < 4.78 is 9.26. The van der Waals surface area contributed by atoms with E-state index < -0.39 is 16.5 Å². The summed E-state index contributed by atoms with van der Waals surface area (Å²) in [5.74, 6) is 0.0979. The standard InChI is InChI=1S/C15H9ClN2O6/c1-23-15(20)24-7-2-4-10-8(6-7)14(19)12-9(16)3-5-11(18(21)22)13(12)17-10/h2-6H,1H3,(H,17,19). The Morgan fingerprint density at radius 1 is 1.29 bits per heavy atom. The Morgan fingerprint density at radius 3 is 2.71 bits per heavy atom. The summed E-state index contributed by atoms with van der Waals surface area (Å²) in [4.78, 5) is 37.2. The quantitative estimate of drug-likeness (QED) is 0.250. The monoisotopic (exact) mass is 348 g/mol.